The van der Waals surface area contributed by atoms with Crippen molar-refractivity contribution in [2.75, 3.05) is 38.7 Å². The topological polar surface area (TPSA) is 41.6 Å². The number of nitrogens with zero attached hydrogens (tertiary/aromatic N) is 1. The maximum atomic E-state index is 12.6. The number of carbonyl (C=O) groups excluding carboxylic acids is 1. The highest BCUT2D eigenvalue weighted by Gasteiger charge is 2.21. The van der Waals surface area contributed by atoms with Gasteiger partial charge in [0.05, 0.1) is 26.0 Å². The third kappa shape index (κ3) is 4.58. The van der Waals surface area contributed by atoms with Gasteiger partial charge in [-0.1, -0.05) is 11.6 Å². The number of methoxy groups -OCH3 is 1. The number of hydrogen-bond acceptors (Lipinski definition) is 3. The summed E-state index contributed by atoms with van der Waals surface area (Å²) in [7, 11) is 1.54. The summed E-state index contributed by atoms with van der Waals surface area (Å²) in [6.07, 6.45) is 1.62. The summed E-state index contributed by atoms with van der Waals surface area (Å²) in [5.41, 5.74) is 0.564. The van der Waals surface area contributed by atoms with Gasteiger partial charge in [0.2, 0.25) is 5.91 Å². The second-order valence-corrected chi connectivity index (χ2v) is 5.70. The van der Waals surface area contributed by atoms with E-state index in [4.69, 9.17) is 16.3 Å². The molecule has 0 unspecified atom stereocenters. The van der Waals surface area contributed by atoms with Crippen LogP contribution in [0.25, 0.3) is 0 Å². The quantitative estimate of drug-likeness (QED) is 0.908. The van der Waals surface area contributed by atoms with Gasteiger partial charge in [0, 0.05) is 5.02 Å². The van der Waals surface area contributed by atoms with E-state index in [1.54, 1.807) is 25.3 Å². The van der Waals surface area contributed by atoms with Gasteiger partial charge in [-0.25, -0.2) is 0 Å². The molecule has 1 heterocycles. The van der Waals surface area contributed by atoms with Crippen molar-refractivity contribution in [1.29, 1.82) is 0 Å². The molecule has 1 aromatic rings. The summed E-state index contributed by atoms with van der Waals surface area (Å²) in [4.78, 5) is 14.1. The molecule has 4 nitrogen and oxygen atoms in total. The van der Waals surface area contributed by atoms with Crippen molar-refractivity contribution >= 4 is 23.2 Å². The molecule has 1 aliphatic heterocycles. The van der Waals surface area contributed by atoms with Crippen molar-refractivity contribution in [3.63, 3.8) is 0 Å². The number of rotatable bonds is 5. The molecule has 1 aromatic carbocycles. The first-order chi connectivity index (χ1) is 10.1. The number of amides is 1. The maximum absolute atomic E-state index is 12.6. The fourth-order valence-corrected chi connectivity index (χ4v) is 2.64. The Morgan fingerprint density at radius 3 is 2.81 bits per heavy atom. The zero-order valence-electron chi connectivity index (χ0n) is 12.1. The molecule has 0 aliphatic carbocycles. The van der Waals surface area contributed by atoms with Crippen molar-refractivity contribution in [3.8, 4) is 5.75 Å². The average Bonchev–Trinajstić information content (AvgIpc) is 2.48. The monoisotopic (exact) mass is 314 g/mol. The number of benzene rings is 1. The molecule has 1 amide bonds. The van der Waals surface area contributed by atoms with Crippen molar-refractivity contribution in [3.05, 3.63) is 23.2 Å². The number of alkyl halides is 1. The van der Waals surface area contributed by atoms with Gasteiger partial charge in [0.1, 0.15) is 5.75 Å². The second kappa shape index (κ2) is 7.61. The number of carbonyl (C=O) groups is 1. The van der Waals surface area contributed by atoms with Gasteiger partial charge in [-0.2, -0.15) is 0 Å². The Kier molecular flexibility index (Phi) is 5.82. The van der Waals surface area contributed by atoms with Gasteiger partial charge in [-0.3, -0.25) is 14.1 Å². The number of piperidine rings is 1. The fourth-order valence-electron chi connectivity index (χ4n) is 2.47. The second-order valence-electron chi connectivity index (χ2n) is 5.27. The Balaban J connectivity index is 1.89. The Bertz CT molecular complexity index is 491. The molecule has 1 aliphatic rings. The first-order valence-corrected chi connectivity index (χ1v) is 7.42. The van der Waals surface area contributed by atoms with Crippen LogP contribution in [0.3, 0.4) is 0 Å². The Morgan fingerprint density at radius 2 is 2.19 bits per heavy atom. The fraction of sp³-hybridized carbons (Fsp3) is 0.533. The van der Waals surface area contributed by atoms with Gasteiger partial charge < -0.3 is 10.1 Å². The Hall–Kier alpha value is -1.33. The minimum atomic E-state index is -0.264. The molecule has 116 valence electrons. The minimum absolute atomic E-state index is 0.116. The van der Waals surface area contributed by atoms with Crippen LogP contribution in [0.2, 0.25) is 5.02 Å². The lowest BCUT2D eigenvalue weighted by Crippen LogP contribution is -2.39. The normalized spacial score (nSPS) is 16.7. The molecule has 0 aromatic heterocycles. The molecule has 0 spiro atoms. The predicted molar refractivity (Wildman–Crippen MR) is 81.8 cm³/mol. The highest BCUT2D eigenvalue weighted by Crippen LogP contribution is 2.27. The number of ether oxygens (including phenoxy) is 1. The number of likely N-dealkylation sites (tertiary alicyclic amines) is 1. The van der Waals surface area contributed by atoms with E-state index in [9.17, 15) is 9.18 Å². The number of hydrogen-bond donors (Lipinski definition) is 1. The molecule has 0 atom stereocenters. The van der Waals surface area contributed by atoms with Gasteiger partial charge in [-0.05, 0) is 50.0 Å². The lowest BCUT2D eigenvalue weighted by molar-refractivity contribution is -0.117. The van der Waals surface area contributed by atoms with Crippen molar-refractivity contribution in [1.82, 2.24) is 4.90 Å². The third-order valence-electron chi connectivity index (χ3n) is 3.73. The predicted octanol–water partition coefficient (Wildman–Crippen LogP) is 2.97. The lowest BCUT2D eigenvalue weighted by atomic mass is 9.98. The number of anilines is 1. The van der Waals surface area contributed by atoms with E-state index in [1.807, 2.05) is 4.90 Å². The molecule has 21 heavy (non-hydrogen) atoms. The first-order valence-electron chi connectivity index (χ1n) is 7.04. The molecule has 1 saturated heterocycles. The minimum Gasteiger partial charge on any atom is -0.495 e. The van der Waals surface area contributed by atoms with Crippen LogP contribution in [-0.2, 0) is 4.79 Å². The summed E-state index contributed by atoms with van der Waals surface area (Å²) in [6, 6.07) is 5.08. The van der Waals surface area contributed by atoms with Crippen LogP contribution in [0.5, 0.6) is 5.75 Å². The average molecular weight is 315 g/mol. The van der Waals surface area contributed by atoms with E-state index in [2.05, 4.69) is 5.32 Å². The van der Waals surface area contributed by atoms with Crippen LogP contribution < -0.4 is 10.1 Å². The molecule has 0 bridgehead atoms. The highest BCUT2D eigenvalue weighted by atomic mass is 35.5. The first kappa shape index (κ1) is 16.0. The zero-order valence-corrected chi connectivity index (χ0v) is 12.8. The van der Waals surface area contributed by atoms with Crippen LogP contribution in [0.1, 0.15) is 12.8 Å². The van der Waals surface area contributed by atoms with Crippen molar-refractivity contribution < 1.29 is 13.9 Å². The van der Waals surface area contributed by atoms with Gasteiger partial charge in [0.25, 0.3) is 0 Å². The number of halogens is 2. The van der Waals surface area contributed by atoms with E-state index < -0.39 is 0 Å². The summed E-state index contributed by atoms with van der Waals surface area (Å²) < 4.78 is 17.7. The maximum Gasteiger partial charge on any atom is 0.238 e. The van der Waals surface area contributed by atoms with Crippen molar-refractivity contribution in [2.24, 2.45) is 5.92 Å². The summed E-state index contributed by atoms with van der Waals surface area (Å²) in [5, 5.41) is 3.35. The summed E-state index contributed by atoms with van der Waals surface area (Å²) in [6.45, 7) is 1.55. The Morgan fingerprint density at radius 1 is 1.48 bits per heavy atom. The lowest BCUT2D eigenvalue weighted by Gasteiger charge is -2.30. The van der Waals surface area contributed by atoms with Gasteiger partial charge in [0.15, 0.2) is 0 Å². The van der Waals surface area contributed by atoms with Crippen LogP contribution in [0.4, 0.5) is 10.1 Å². The van der Waals surface area contributed by atoms with Gasteiger partial charge in [-0.15, -0.1) is 0 Å². The van der Waals surface area contributed by atoms with Crippen molar-refractivity contribution in [2.45, 2.75) is 12.8 Å². The zero-order chi connectivity index (χ0) is 15.2. The van der Waals surface area contributed by atoms with Crippen LogP contribution in [0, 0.1) is 5.92 Å². The standard InChI is InChI=1S/C15H20ClFN2O2/c1-21-14-3-2-12(16)8-13(14)18-15(20)10-19-6-4-11(9-17)5-7-19/h2-3,8,11H,4-7,9-10H2,1H3,(H,18,20). The van der Waals surface area contributed by atoms with E-state index >= 15 is 0 Å². The molecular weight excluding hydrogens is 295 g/mol. The summed E-state index contributed by atoms with van der Waals surface area (Å²) in [5.74, 6) is 0.607. The van der Waals surface area contributed by atoms with E-state index in [1.165, 1.54) is 0 Å². The smallest absolute Gasteiger partial charge is 0.238 e. The molecular formula is C15H20ClFN2O2. The molecule has 6 heteroatoms. The summed E-state index contributed by atoms with van der Waals surface area (Å²) >= 11 is 5.93. The molecule has 2 rings (SSSR count). The third-order valence-corrected chi connectivity index (χ3v) is 3.96. The van der Waals surface area contributed by atoms with Crippen LogP contribution in [-0.4, -0.2) is 44.2 Å². The van der Waals surface area contributed by atoms with E-state index in [0.717, 1.165) is 25.9 Å². The highest BCUT2D eigenvalue weighted by molar-refractivity contribution is 6.31. The van der Waals surface area contributed by atoms with Crippen LogP contribution >= 0.6 is 11.6 Å². The molecule has 1 N–H and O–H groups in total. The SMILES string of the molecule is COc1ccc(Cl)cc1NC(=O)CN1CCC(CF)CC1. The van der Waals surface area contributed by atoms with Gasteiger partial charge >= 0.3 is 0 Å². The number of nitrogens with one attached hydrogen (secondary N) is 1. The molecule has 0 saturated carbocycles. The molecule has 1 fully saturated rings. The van der Waals surface area contributed by atoms with E-state index in [-0.39, 0.29) is 18.5 Å². The van der Waals surface area contributed by atoms with E-state index in [0.29, 0.717) is 23.0 Å². The molecule has 0 radical (unpaired) electrons. The Labute approximate surface area is 129 Å². The largest absolute Gasteiger partial charge is 0.495 e. The van der Waals surface area contributed by atoms with Crippen LogP contribution in [0.15, 0.2) is 18.2 Å².